The van der Waals surface area contributed by atoms with E-state index in [0.717, 1.165) is 49.1 Å². The van der Waals surface area contributed by atoms with Crippen LogP contribution in [0.3, 0.4) is 0 Å². The Labute approximate surface area is 175 Å². The summed E-state index contributed by atoms with van der Waals surface area (Å²) in [4.78, 5) is 27.2. The molecule has 1 aliphatic carbocycles. The molecule has 2 aliphatic rings. The average molecular weight is 414 g/mol. The molecule has 1 saturated heterocycles. The second-order valence-electron chi connectivity index (χ2n) is 8.23. The fourth-order valence-electron chi connectivity index (χ4n) is 4.63. The maximum Gasteiger partial charge on any atom is 0.267 e. The topological polar surface area (TPSA) is 87.3 Å². The number of β-lactam (4-membered cyclic amide) rings is 1. The molecule has 2 fully saturated rings. The first-order valence-electron chi connectivity index (χ1n) is 10.4. The Morgan fingerprint density at radius 2 is 1.97 bits per heavy atom. The number of carbonyl (C=O) groups is 2. The van der Waals surface area contributed by atoms with E-state index in [2.05, 4.69) is 15.5 Å². The van der Waals surface area contributed by atoms with Gasteiger partial charge in [0, 0.05) is 17.8 Å². The number of benzene rings is 1. The van der Waals surface area contributed by atoms with E-state index in [-0.39, 0.29) is 24.2 Å². The highest BCUT2D eigenvalue weighted by Gasteiger charge is 2.62. The first-order valence-corrected chi connectivity index (χ1v) is 10.4. The highest BCUT2D eigenvalue weighted by atomic mass is 19.1. The Morgan fingerprint density at radius 3 is 2.60 bits per heavy atom. The quantitative estimate of drug-likeness (QED) is 0.712. The molecule has 2 amide bonds. The zero-order valence-electron chi connectivity index (χ0n) is 17.3. The van der Waals surface area contributed by atoms with Crippen molar-refractivity contribution in [3.05, 3.63) is 47.0 Å². The number of carbonyl (C=O) groups excluding carboxylic acids is 2. The molecule has 4 rings (SSSR count). The molecule has 1 aliphatic heterocycles. The number of rotatable bonds is 6. The first-order chi connectivity index (χ1) is 14.4. The van der Waals surface area contributed by atoms with Gasteiger partial charge in [-0.05, 0) is 51.0 Å². The lowest BCUT2D eigenvalue weighted by atomic mass is 9.70. The van der Waals surface area contributed by atoms with Crippen molar-refractivity contribution >= 4 is 11.8 Å². The molecule has 1 atom stereocenters. The molecule has 160 valence electrons. The van der Waals surface area contributed by atoms with Crippen molar-refractivity contribution in [2.45, 2.75) is 64.1 Å². The van der Waals surface area contributed by atoms with E-state index >= 15 is 0 Å². The third kappa shape index (κ3) is 3.66. The molecule has 1 unspecified atom stereocenters. The van der Waals surface area contributed by atoms with Crippen molar-refractivity contribution in [1.29, 1.82) is 0 Å². The minimum absolute atomic E-state index is 0.0120. The van der Waals surface area contributed by atoms with Crippen molar-refractivity contribution in [1.82, 2.24) is 20.4 Å². The van der Waals surface area contributed by atoms with Gasteiger partial charge in [0.05, 0.1) is 11.2 Å². The van der Waals surface area contributed by atoms with Crippen LogP contribution in [0.25, 0.3) is 0 Å². The van der Waals surface area contributed by atoms with Gasteiger partial charge in [-0.2, -0.15) is 5.10 Å². The van der Waals surface area contributed by atoms with Gasteiger partial charge in [0.15, 0.2) is 6.10 Å². The Bertz CT molecular complexity index is 915. The first kappa shape index (κ1) is 20.4. The highest BCUT2D eigenvalue weighted by Crippen LogP contribution is 2.45. The number of hydrogen-bond donors (Lipinski definition) is 2. The van der Waals surface area contributed by atoms with Crippen LogP contribution in [-0.2, 0) is 16.1 Å². The van der Waals surface area contributed by atoms with Crippen LogP contribution in [0.2, 0.25) is 0 Å². The predicted molar refractivity (Wildman–Crippen MR) is 108 cm³/mol. The smallest absolute Gasteiger partial charge is 0.267 e. The number of amides is 2. The van der Waals surface area contributed by atoms with Gasteiger partial charge < -0.3 is 15.0 Å². The van der Waals surface area contributed by atoms with Gasteiger partial charge >= 0.3 is 0 Å². The number of likely N-dealkylation sites (tertiary alicyclic amines) is 1. The number of aromatic nitrogens is 2. The van der Waals surface area contributed by atoms with Gasteiger partial charge in [-0.15, -0.1) is 0 Å². The van der Waals surface area contributed by atoms with Gasteiger partial charge in [-0.25, -0.2) is 4.39 Å². The summed E-state index contributed by atoms with van der Waals surface area (Å²) in [6.07, 6.45) is 4.06. The van der Waals surface area contributed by atoms with E-state index in [4.69, 9.17) is 4.74 Å². The van der Waals surface area contributed by atoms with Gasteiger partial charge in [-0.3, -0.25) is 14.7 Å². The molecular weight excluding hydrogens is 387 g/mol. The number of ether oxygens (including phenoxy) is 1. The monoisotopic (exact) mass is 414 g/mol. The fraction of sp³-hybridized carbons (Fsp3) is 0.500. The number of halogens is 1. The van der Waals surface area contributed by atoms with Crippen LogP contribution in [-0.4, -0.2) is 45.1 Å². The molecule has 1 aromatic carbocycles. The third-order valence-electron chi connectivity index (χ3n) is 6.35. The van der Waals surface area contributed by atoms with Crippen LogP contribution >= 0.6 is 0 Å². The largest absolute Gasteiger partial charge is 0.478 e. The third-order valence-corrected chi connectivity index (χ3v) is 6.35. The molecule has 0 radical (unpaired) electrons. The van der Waals surface area contributed by atoms with Crippen LogP contribution in [0, 0.1) is 19.7 Å². The average Bonchev–Trinajstić information content (AvgIpc) is 3.08. The Morgan fingerprint density at radius 1 is 1.27 bits per heavy atom. The van der Waals surface area contributed by atoms with Crippen molar-refractivity contribution in [2.75, 3.05) is 6.54 Å². The molecule has 30 heavy (non-hydrogen) atoms. The minimum atomic E-state index is -0.630. The van der Waals surface area contributed by atoms with Crippen LogP contribution in [0.1, 0.15) is 49.1 Å². The van der Waals surface area contributed by atoms with Crippen LogP contribution in [0.15, 0.2) is 24.3 Å². The van der Waals surface area contributed by atoms with E-state index in [9.17, 15) is 14.0 Å². The van der Waals surface area contributed by atoms with Crippen molar-refractivity contribution in [2.24, 2.45) is 0 Å². The summed E-state index contributed by atoms with van der Waals surface area (Å²) in [5, 5.41) is 9.94. The summed E-state index contributed by atoms with van der Waals surface area (Å²) >= 11 is 0. The SMILES string of the molecule is Cc1n[nH]c(C)c1CNC(=O)CN1C(=O)C(Oc2ccc(F)cc2)C12CCCCC2. The lowest BCUT2D eigenvalue weighted by molar-refractivity contribution is -0.187. The van der Waals surface area contributed by atoms with Crippen LogP contribution in [0.5, 0.6) is 5.75 Å². The van der Waals surface area contributed by atoms with E-state index < -0.39 is 11.6 Å². The predicted octanol–water partition coefficient (Wildman–Crippen LogP) is 2.77. The highest BCUT2D eigenvalue weighted by molar-refractivity contribution is 5.94. The minimum Gasteiger partial charge on any atom is -0.478 e. The molecule has 2 N–H and O–H groups in total. The summed E-state index contributed by atoms with van der Waals surface area (Å²) in [6.45, 7) is 4.18. The van der Waals surface area contributed by atoms with Gasteiger partial charge in [0.1, 0.15) is 18.1 Å². The van der Waals surface area contributed by atoms with Gasteiger partial charge in [0.2, 0.25) is 5.91 Å². The molecule has 2 heterocycles. The number of hydrogen-bond acceptors (Lipinski definition) is 4. The molecule has 7 nitrogen and oxygen atoms in total. The summed E-state index contributed by atoms with van der Waals surface area (Å²) in [5.74, 6) is -0.272. The zero-order chi connectivity index (χ0) is 21.3. The molecule has 0 bridgehead atoms. The lowest BCUT2D eigenvalue weighted by Gasteiger charge is -2.58. The van der Waals surface area contributed by atoms with E-state index in [1.165, 1.54) is 24.3 Å². The maximum atomic E-state index is 13.2. The Kier molecular flexibility index (Phi) is 5.49. The number of aryl methyl sites for hydroxylation is 2. The molecule has 2 aromatic rings. The zero-order valence-corrected chi connectivity index (χ0v) is 17.3. The number of H-pyrrole nitrogens is 1. The fourth-order valence-corrected chi connectivity index (χ4v) is 4.63. The summed E-state index contributed by atoms with van der Waals surface area (Å²) in [5.41, 5.74) is 2.26. The van der Waals surface area contributed by atoms with E-state index in [0.29, 0.717) is 12.3 Å². The second kappa shape index (κ2) is 8.08. The normalized spacial score (nSPS) is 20.2. The van der Waals surface area contributed by atoms with Crippen molar-refractivity contribution in [3.8, 4) is 5.75 Å². The van der Waals surface area contributed by atoms with Crippen LogP contribution < -0.4 is 10.1 Å². The van der Waals surface area contributed by atoms with Crippen LogP contribution in [0.4, 0.5) is 4.39 Å². The van der Waals surface area contributed by atoms with Gasteiger partial charge in [-0.1, -0.05) is 19.3 Å². The second-order valence-corrected chi connectivity index (χ2v) is 8.23. The Hall–Kier alpha value is -2.90. The molecule has 1 aromatic heterocycles. The molecule has 1 spiro atoms. The summed E-state index contributed by atoms with van der Waals surface area (Å²) in [7, 11) is 0. The summed E-state index contributed by atoms with van der Waals surface area (Å²) in [6, 6.07) is 5.70. The molecule has 1 saturated carbocycles. The van der Waals surface area contributed by atoms with E-state index in [1.807, 2.05) is 13.8 Å². The molecule has 8 heteroatoms. The maximum absolute atomic E-state index is 13.2. The number of nitrogens with one attached hydrogen (secondary N) is 2. The lowest BCUT2D eigenvalue weighted by Crippen LogP contribution is -2.77. The van der Waals surface area contributed by atoms with Crippen molar-refractivity contribution < 1.29 is 18.7 Å². The van der Waals surface area contributed by atoms with Crippen molar-refractivity contribution in [3.63, 3.8) is 0 Å². The van der Waals surface area contributed by atoms with E-state index in [1.54, 1.807) is 4.90 Å². The van der Waals surface area contributed by atoms with Gasteiger partial charge in [0.25, 0.3) is 5.91 Å². The Balaban J connectivity index is 1.43. The standard InChI is InChI=1S/C22H27FN4O3/c1-14-18(15(2)26-25-14)12-24-19(28)13-27-21(29)20(22(27)10-4-3-5-11-22)30-17-8-6-16(23)7-9-17/h6-9,20H,3-5,10-13H2,1-2H3,(H,24,28)(H,25,26). The summed E-state index contributed by atoms with van der Waals surface area (Å²) < 4.78 is 19.2. The number of aromatic amines is 1. The number of nitrogens with zero attached hydrogens (tertiary/aromatic N) is 2. The molecular formula is C22H27FN4O3.